The smallest absolute Gasteiger partial charge is 0.111 e. The van der Waals surface area contributed by atoms with Crippen LogP contribution in [0.3, 0.4) is 0 Å². The van der Waals surface area contributed by atoms with Gasteiger partial charge in [-0.15, -0.1) is 0 Å². The van der Waals surface area contributed by atoms with E-state index < -0.39 is 31.0 Å². The van der Waals surface area contributed by atoms with E-state index in [1.807, 2.05) is 0 Å². The molecule has 0 amide bonds. The molecule has 0 heterocycles. The molecule has 0 aromatic carbocycles. The van der Waals surface area contributed by atoms with Gasteiger partial charge in [0.2, 0.25) is 0 Å². The van der Waals surface area contributed by atoms with E-state index in [4.69, 9.17) is 25.5 Å². The van der Waals surface area contributed by atoms with Crippen LogP contribution in [0.5, 0.6) is 0 Å². The zero-order valence-electron chi connectivity index (χ0n) is 7.37. The molecule has 0 aliphatic rings. The summed E-state index contributed by atoms with van der Waals surface area (Å²) in [4.78, 5) is 0. The van der Waals surface area contributed by atoms with E-state index in [0.717, 1.165) is 0 Å². The van der Waals surface area contributed by atoms with Crippen LogP contribution >= 0.6 is 0 Å². The first-order valence-electron chi connectivity index (χ1n) is 3.86. The number of aliphatic hydroxyl groups excluding tert-OH is 5. The Morgan fingerprint density at radius 1 is 1.00 bits per heavy atom. The maximum Gasteiger partial charge on any atom is 0.111 e. The van der Waals surface area contributed by atoms with Crippen LogP contribution in [0.2, 0.25) is 0 Å². The lowest BCUT2D eigenvalue weighted by atomic mass is 10.0. The van der Waals surface area contributed by atoms with Gasteiger partial charge in [-0.25, -0.2) is 0 Å². The standard InChI is InChI=1S/C7H16O6/c1-13-3-5(10)7(12)6(11)4(9)2-8/h4-12H,2-3H2,1H3/t4-,5+,6+,7+/m0/s1. The molecule has 0 aliphatic heterocycles. The van der Waals surface area contributed by atoms with Crippen LogP contribution in [0.15, 0.2) is 0 Å². The van der Waals surface area contributed by atoms with Crippen LogP contribution < -0.4 is 0 Å². The summed E-state index contributed by atoms with van der Waals surface area (Å²) in [6.07, 6.45) is -5.89. The fraction of sp³-hybridized carbons (Fsp3) is 1.00. The third kappa shape index (κ3) is 3.99. The summed E-state index contributed by atoms with van der Waals surface area (Å²) in [6, 6.07) is 0. The van der Waals surface area contributed by atoms with Crippen molar-refractivity contribution < 1.29 is 30.3 Å². The number of rotatable bonds is 6. The number of aliphatic hydroxyl groups is 5. The van der Waals surface area contributed by atoms with Crippen LogP contribution in [0.1, 0.15) is 0 Å². The summed E-state index contributed by atoms with van der Waals surface area (Å²) in [7, 11) is 1.32. The Balaban J connectivity index is 3.99. The van der Waals surface area contributed by atoms with E-state index in [0.29, 0.717) is 0 Å². The summed E-state index contributed by atoms with van der Waals surface area (Å²) < 4.78 is 4.52. The van der Waals surface area contributed by atoms with Crippen LogP contribution in [0.25, 0.3) is 0 Å². The second kappa shape index (κ2) is 6.25. The molecule has 6 nitrogen and oxygen atoms in total. The highest BCUT2D eigenvalue weighted by atomic mass is 16.5. The van der Waals surface area contributed by atoms with Gasteiger partial charge in [-0.1, -0.05) is 0 Å². The van der Waals surface area contributed by atoms with Crippen molar-refractivity contribution in [1.29, 1.82) is 0 Å². The van der Waals surface area contributed by atoms with Crippen molar-refractivity contribution in [3.8, 4) is 0 Å². The number of ether oxygens (including phenoxy) is 1. The quantitative estimate of drug-likeness (QED) is 0.311. The fourth-order valence-electron chi connectivity index (χ4n) is 0.833. The molecule has 0 fully saturated rings. The first kappa shape index (κ1) is 12.8. The molecule has 0 aliphatic carbocycles. The van der Waals surface area contributed by atoms with E-state index >= 15 is 0 Å². The first-order valence-corrected chi connectivity index (χ1v) is 3.86. The molecule has 0 saturated carbocycles. The second-order valence-electron chi connectivity index (χ2n) is 2.75. The van der Waals surface area contributed by atoms with Gasteiger partial charge in [0.1, 0.15) is 24.4 Å². The van der Waals surface area contributed by atoms with Gasteiger partial charge in [-0.05, 0) is 0 Å². The number of hydrogen-bond donors (Lipinski definition) is 5. The minimum Gasteiger partial charge on any atom is -0.394 e. The first-order chi connectivity index (χ1) is 6.04. The predicted molar refractivity (Wildman–Crippen MR) is 43.0 cm³/mol. The van der Waals surface area contributed by atoms with Gasteiger partial charge >= 0.3 is 0 Å². The van der Waals surface area contributed by atoms with Crippen LogP contribution in [-0.2, 0) is 4.74 Å². The molecule has 0 radical (unpaired) electrons. The normalized spacial score (nSPS) is 20.8. The van der Waals surface area contributed by atoms with Crippen molar-refractivity contribution in [3.05, 3.63) is 0 Å². The Morgan fingerprint density at radius 3 is 1.85 bits per heavy atom. The lowest BCUT2D eigenvalue weighted by Gasteiger charge is -2.24. The monoisotopic (exact) mass is 196 g/mol. The molecule has 0 bridgehead atoms. The molecule has 0 aromatic rings. The van der Waals surface area contributed by atoms with Crippen molar-refractivity contribution in [2.45, 2.75) is 24.4 Å². The number of methoxy groups -OCH3 is 1. The van der Waals surface area contributed by atoms with E-state index in [1.54, 1.807) is 0 Å². The highest BCUT2D eigenvalue weighted by Gasteiger charge is 2.29. The predicted octanol–water partition coefficient (Wildman–Crippen LogP) is -2.93. The van der Waals surface area contributed by atoms with Gasteiger partial charge < -0.3 is 30.3 Å². The number of hydrogen-bond acceptors (Lipinski definition) is 6. The third-order valence-corrected chi connectivity index (χ3v) is 1.66. The van der Waals surface area contributed by atoms with Gasteiger partial charge in [-0.3, -0.25) is 0 Å². The lowest BCUT2D eigenvalue weighted by molar-refractivity contribution is -0.126. The topological polar surface area (TPSA) is 110 Å². The van der Waals surface area contributed by atoms with Gasteiger partial charge in [0, 0.05) is 7.11 Å². The molecule has 0 aromatic heterocycles. The zero-order chi connectivity index (χ0) is 10.4. The molecule has 5 N–H and O–H groups in total. The average molecular weight is 196 g/mol. The summed E-state index contributed by atoms with van der Waals surface area (Å²) in [5.41, 5.74) is 0. The molecule has 0 unspecified atom stereocenters. The Bertz CT molecular complexity index is 130. The SMILES string of the molecule is COC[C@@H](O)[C@@H](O)[C@H](O)[C@@H](O)CO. The highest BCUT2D eigenvalue weighted by Crippen LogP contribution is 2.04. The Labute approximate surface area is 76.0 Å². The van der Waals surface area contributed by atoms with Crippen molar-refractivity contribution >= 4 is 0 Å². The summed E-state index contributed by atoms with van der Waals surface area (Å²) >= 11 is 0. The van der Waals surface area contributed by atoms with Crippen molar-refractivity contribution in [3.63, 3.8) is 0 Å². The van der Waals surface area contributed by atoms with Crippen molar-refractivity contribution in [1.82, 2.24) is 0 Å². The summed E-state index contributed by atoms with van der Waals surface area (Å²) in [5.74, 6) is 0. The van der Waals surface area contributed by atoms with Crippen molar-refractivity contribution in [2.75, 3.05) is 20.3 Å². The lowest BCUT2D eigenvalue weighted by Crippen LogP contribution is -2.47. The average Bonchev–Trinajstić information content (AvgIpc) is 2.14. The van der Waals surface area contributed by atoms with E-state index in [2.05, 4.69) is 4.74 Å². The van der Waals surface area contributed by atoms with E-state index in [1.165, 1.54) is 7.11 Å². The van der Waals surface area contributed by atoms with Gasteiger partial charge in [0.15, 0.2) is 0 Å². The van der Waals surface area contributed by atoms with Crippen LogP contribution in [0, 0.1) is 0 Å². The molecule has 0 rings (SSSR count). The maximum atomic E-state index is 9.17. The van der Waals surface area contributed by atoms with Crippen molar-refractivity contribution in [2.24, 2.45) is 0 Å². The van der Waals surface area contributed by atoms with E-state index in [9.17, 15) is 0 Å². The molecule has 4 atom stereocenters. The van der Waals surface area contributed by atoms with Crippen LogP contribution in [0.4, 0.5) is 0 Å². The highest BCUT2D eigenvalue weighted by molar-refractivity contribution is 4.80. The zero-order valence-corrected chi connectivity index (χ0v) is 7.37. The molecule has 6 heteroatoms. The minimum absolute atomic E-state index is 0.156. The Kier molecular flexibility index (Phi) is 6.13. The van der Waals surface area contributed by atoms with Gasteiger partial charge in [0.25, 0.3) is 0 Å². The van der Waals surface area contributed by atoms with Crippen LogP contribution in [-0.4, -0.2) is 70.3 Å². The minimum atomic E-state index is -1.59. The largest absolute Gasteiger partial charge is 0.394 e. The summed E-state index contributed by atoms with van der Waals surface area (Å²) in [5, 5.41) is 44.7. The second-order valence-corrected chi connectivity index (χ2v) is 2.75. The maximum absolute atomic E-state index is 9.17. The Morgan fingerprint density at radius 2 is 1.46 bits per heavy atom. The molecule has 80 valence electrons. The molecular weight excluding hydrogens is 180 g/mol. The Hall–Kier alpha value is -0.240. The summed E-state index contributed by atoms with van der Waals surface area (Å²) in [6.45, 7) is -0.839. The molecule has 0 spiro atoms. The third-order valence-electron chi connectivity index (χ3n) is 1.66. The molecular formula is C7H16O6. The molecule has 13 heavy (non-hydrogen) atoms. The van der Waals surface area contributed by atoms with Gasteiger partial charge in [-0.2, -0.15) is 0 Å². The van der Waals surface area contributed by atoms with Gasteiger partial charge in [0.05, 0.1) is 13.2 Å². The molecule has 0 saturated heterocycles. The van der Waals surface area contributed by atoms with E-state index in [-0.39, 0.29) is 6.61 Å². The fourth-order valence-corrected chi connectivity index (χ4v) is 0.833.